The van der Waals surface area contributed by atoms with Crippen molar-refractivity contribution in [2.75, 3.05) is 19.6 Å². The van der Waals surface area contributed by atoms with Crippen LogP contribution >= 0.6 is 0 Å². The minimum atomic E-state index is 0.841. The fraction of sp³-hybridized carbons (Fsp3) is 1.00. The topological polar surface area (TPSA) is 3.24 Å². The van der Waals surface area contributed by atoms with Crippen molar-refractivity contribution in [3.8, 4) is 0 Å². The average Bonchev–Trinajstić information content (AvgIpc) is 2.73. The molecule has 0 amide bonds. The molecule has 0 fully saturated rings. The van der Waals surface area contributed by atoms with E-state index in [1.165, 1.54) is 154 Å². The third-order valence-electron chi connectivity index (χ3n) is 6.68. The number of hydrogen-bond acceptors (Lipinski definition) is 1. The molecule has 0 N–H and O–H groups in total. The van der Waals surface area contributed by atoms with Gasteiger partial charge in [0.1, 0.15) is 0 Å². The molecule has 0 rings (SSSR count). The number of rotatable bonds is 25. The molecular weight excluding hydrogens is 362 g/mol. The average molecular weight is 424 g/mol. The normalized spacial score (nSPS) is 11.8. The first-order valence-corrected chi connectivity index (χ1v) is 14.4. The lowest BCUT2D eigenvalue weighted by Crippen LogP contribution is -2.28. The zero-order chi connectivity index (χ0) is 22.1. The SMILES string of the molecule is CCCCCCCCCCCCN(CCCCCCCCCCCC)CCC(C)C. The Kier molecular flexibility index (Phi) is 25.2. The second-order valence-corrected chi connectivity index (χ2v) is 10.4. The van der Waals surface area contributed by atoms with Crippen molar-refractivity contribution in [1.82, 2.24) is 4.90 Å². The first-order chi connectivity index (χ1) is 14.7. The molecule has 0 aromatic heterocycles. The van der Waals surface area contributed by atoms with Crippen LogP contribution in [0.5, 0.6) is 0 Å². The standard InChI is InChI=1S/C29H61N/c1-5-7-9-11-13-15-17-19-21-23-26-30(28-25-29(3)4)27-24-22-20-18-16-14-12-10-8-6-2/h29H,5-28H2,1-4H3. The number of nitrogens with zero attached hydrogens (tertiary/aromatic N) is 1. The van der Waals surface area contributed by atoms with E-state index >= 15 is 0 Å². The van der Waals surface area contributed by atoms with Crippen molar-refractivity contribution in [3.05, 3.63) is 0 Å². The lowest BCUT2D eigenvalue weighted by atomic mass is 10.1. The Bertz CT molecular complexity index is 275. The van der Waals surface area contributed by atoms with Crippen molar-refractivity contribution in [3.63, 3.8) is 0 Å². The maximum absolute atomic E-state index is 2.79. The zero-order valence-electron chi connectivity index (χ0n) is 22.0. The lowest BCUT2D eigenvalue weighted by Gasteiger charge is -2.23. The van der Waals surface area contributed by atoms with E-state index < -0.39 is 0 Å². The molecule has 182 valence electrons. The van der Waals surface area contributed by atoms with Crippen LogP contribution in [0, 0.1) is 5.92 Å². The molecule has 0 saturated carbocycles. The van der Waals surface area contributed by atoms with E-state index in [9.17, 15) is 0 Å². The second kappa shape index (κ2) is 25.2. The quantitative estimate of drug-likeness (QED) is 0.132. The van der Waals surface area contributed by atoms with Gasteiger partial charge in [0.15, 0.2) is 0 Å². The van der Waals surface area contributed by atoms with Gasteiger partial charge in [-0.1, -0.05) is 143 Å². The minimum absolute atomic E-state index is 0.841. The van der Waals surface area contributed by atoms with Crippen LogP contribution in [-0.2, 0) is 0 Å². The summed E-state index contributed by atoms with van der Waals surface area (Å²) < 4.78 is 0. The van der Waals surface area contributed by atoms with Gasteiger partial charge in [-0.15, -0.1) is 0 Å². The Hall–Kier alpha value is -0.0400. The van der Waals surface area contributed by atoms with Crippen molar-refractivity contribution >= 4 is 0 Å². The van der Waals surface area contributed by atoms with Crippen molar-refractivity contribution < 1.29 is 0 Å². The summed E-state index contributed by atoms with van der Waals surface area (Å²) in [6, 6.07) is 0. The molecule has 0 atom stereocenters. The van der Waals surface area contributed by atoms with Crippen LogP contribution in [0.4, 0.5) is 0 Å². The number of hydrogen-bond donors (Lipinski definition) is 0. The van der Waals surface area contributed by atoms with Crippen LogP contribution in [0.2, 0.25) is 0 Å². The highest BCUT2D eigenvalue weighted by Crippen LogP contribution is 2.13. The molecule has 0 spiro atoms. The minimum Gasteiger partial charge on any atom is -0.303 e. The molecule has 0 bridgehead atoms. The predicted molar refractivity (Wildman–Crippen MR) is 140 cm³/mol. The molecule has 0 unspecified atom stereocenters. The van der Waals surface area contributed by atoms with Gasteiger partial charge >= 0.3 is 0 Å². The van der Waals surface area contributed by atoms with Crippen LogP contribution in [0.3, 0.4) is 0 Å². The van der Waals surface area contributed by atoms with E-state index in [4.69, 9.17) is 0 Å². The summed E-state index contributed by atoms with van der Waals surface area (Å²) in [6.45, 7) is 13.4. The summed E-state index contributed by atoms with van der Waals surface area (Å²) in [5.74, 6) is 0.841. The van der Waals surface area contributed by atoms with E-state index in [1.54, 1.807) is 0 Å². The predicted octanol–water partition coefficient (Wildman–Crippen LogP) is 10.2. The van der Waals surface area contributed by atoms with Gasteiger partial charge in [0, 0.05) is 0 Å². The van der Waals surface area contributed by atoms with E-state index in [0.29, 0.717) is 0 Å². The molecular formula is C29H61N. The Morgan fingerprint density at radius 3 is 1.00 bits per heavy atom. The fourth-order valence-electron chi connectivity index (χ4n) is 4.42. The highest BCUT2D eigenvalue weighted by molar-refractivity contribution is 4.61. The maximum Gasteiger partial charge on any atom is -0.00163 e. The van der Waals surface area contributed by atoms with E-state index in [1.807, 2.05) is 0 Å². The van der Waals surface area contributed by atoms with Gasteiger partial charge in [-0.05, 0) is 44.8 Å². The first kappa shape index (κ1) is 30.0. The third kappa shape index (κ3) is 24.2. The van der Waals surface area contributed by atoms with Crippen LogP contribution < -0.4 is 0 Å². The van der Waals surface area contributed by atoms with Gasteiger partial charge in [0.2, 0.25) is 0 Å². The van der Waals surface area contributed by atoms with Crippen LogP contribution in [0.1, 0.15) is 163 Å². The largest absolute Gasteiger partial charge is 0.303 e. The van der Waals surface area contributed by atoms with Crippen molar-refractivity contribution in [1.29, 1.82) is 0 Å². The molecule has 0 aromatic rings. The smallest absolute Gasteiger partial charge is 0.00163 e. The molecule has 30 heavy (non-hydrogen) atoms. The summed E-state index contributed by atoms with van der Waals surface area (Å²) in [4.78, 5) is 2.79. The van der Waals surface area contributed by atoms with Gasteiger partial charge in [-0.25, -0.2) is 0 Å². The molecule has 1 nitrogen and oxygen atoms in total. The highest BCUT2D eigenvalue weighted by Gasteiger charge is 2.06. The molecule has 0 aliphatic rings. The molecule has 0 saturated heterocycles. The van der Waals surface area contributed by atoms with E-state index in [-0.39, 0.29) is 0 Å². The molecule has 1 heteroatoms. The van der Waals surface area contributed by atoms with E-state index in [0.717, 1.165) is 5.92 Å². The van der Waals surface area contributed by atoms with Crippen LogP contribution in [-0.4, -0.2) is 24.5 Å². The summed E-state index contributed by atoms with van der Waals surface area (Å²) in [7, 11) is 0. The second-order valence-electron chi connectivity index (χ2n) is 10.4. The van der Waals surface area contributed by atoms with Crippen LogP contribution in [0.25, 0.3) is 0 Å². The van der Waals surface area contributed by atoms with Crippen molar-refractivity contribution in [2.45, 2.75) is 163 Å². The summed E-state index contributed by atoms with van der Waals surface area (Å²) in [6.07, 6.45) is 30.3. The lowest BCUT2D eigenvalue weighted by molar-refractivity contribution is 0.246. The van der Waals surface area contributed by atoms with Gasteiger partial charge < -0.3 is 4.90 Å². The van der Waals surface area contributed by atoms with Gasteiger partial charge in [-0.2, -0.15) is 0 Å². The Morgan fingerprint density at radius 1 is 0.400 bits per heavy atom. The Balaban J connectivity index is 3.63. The van der Waals surface area contributed by atoms with Crippen molar-refractivity contribution in [2.24, 2.45) is 5.92 Å². The molecule has 0 aromatic carbocycles. The summed E-state index contributed by atoms with van der Waals surface area (Å²) >= 11 is 0. The van der Waals surface area contributed by atoms with Gasteiger partial charge in [0.05, 0.1) is 0 Å². The fourth-order valence-corrected chi connectivity index (χ4v) is 4.42. The van der Waals surface area contributed by atoms with Gasteiger partial charge in [0.25, 0.3) is 0 Å². The maximum atomic E-state index is 2.79. The molecule has 0 aliphatic heterocycles. The molecule has 0 aliphatic carbocycles. The Labute approximate surface area is 193 Å². The summed E-state index contributed by atoms with van der Waals surface area (Å²) in [5, 5.41) is 0. The van der Waals surface area contributed by atoms with Crippen LogP contribution in [0.15, 0.2) is 0 Å². The monoisotopic (exact) mass is 423 g/mol. The third-order valence-corrected chi connectivity index (χ3v) is 6.68. The Morgan fingerprint density at radius 2 is 0.700 bits per heavy atom. The first-order valence-electron chi connectivity index (χ1n) is 14.4. The molecule has 0 radical (unpaired) electrons. The van der Waals surface area contributed by atoms with Gasteiger partial charge in [-0.3, -0.25) is 0 Å². The number of unbranched alkanes of at least 4 members (excludes halogenated alkanes) is 18. The zero-order valence-corrected chi connectivity index (χ0v) is 22.0. The summed E-state index contributed by atoms with van der Waals surface area (Å²) in [5.41, 5.74) is 0. The van der Waals surface area contributed by atoms with E-state index in [2.05, 4.69) is 32.6 Å². The molecule has 0 heterocycles. The highest BCUT2D eigenvalue weighted by atomic mass is 15.1.